The number of halogens is 2. The maximum Gasteiger partial charge on any atom is 0.413 e. The number of carbonyl (C=O) groups excluding carboxylic acids is 1. The van der Waals surface area contributed by atoms with Crippen LogP contribution in [0.5, 0.6) is 0 Å². The third-order valence-electron chi connectivity index (χ3n) is 5.98. The van der Waals surface area contributed by atoms with E-state index in [1.165, 1.54) is 23.1 Å². The Bertz CT molecular complexity index is 1310. The highest BCUT2D eigenvalue weighted by Crippen LogP contribution is 2.40. The molecule has 0 radical (unpaired) electrons. The summed E-state index contributed by atoms with van der Waals surface area (Å²) < 4.78 is 21.2. The van der Waals surface area contributed by atoms with Crippen LogP contribution in [-0.4, -0.2) is 15.9 Å². The van der Waals surface area contributed by atoms with Crippen LogP contribution in [0, 0.1) is 5.82 Å². The van der Waals surface area contributed by atoms with Gasteiger partial charge in [0, 0.05) is 10.6 Å². The lowest BCUT2D eigenvalue weighted by molar-refractivity contribution is 0.121. The normalized spacial score (nSPS) is 14.0. The molecule has 1 saturated carbocycles. The number of nitrogens with one attached hydrogen (secondary N) is 1. The average Bonchev–Trinajstić information content (AvgIpc) is 3.64. The van der Waals surface area contributed by atoms with Crippen LogP contribution in [0.25, 0.3) is 16.8 Å². The molecule has 0 spiro atoms. The lowest BCUT2D eigenvalue weighted by Gasteiger charge is -2.16. The lowest BCUT2D eigenvalue weighted by Crippen LogP contribution is -2.19. The number of nitrogens with zero attached hydrogens (tertiary/aromatic N) is 2. The van der Waals surface area contributed by atoms with E-state index >= 15 is 0 Å². The van der Waals surface area contributed by atoms with E-state index in [2.05, 4.69) is 34.7 Å². The SMILES string of the molecule is C[C@@H](OC(=O)Nc1c(F)cnn1-c1ccc(-c2ccc(C3CC3)cc2)cc1)c1ccccc1Cl. The summed E-state index contributed by atoms with van der Waals surface area (Å²) in [5, 5.41) is 7.04. The van der Waals surface area contributed by atoms with Gasteiger partial charge in [0.2, 0.25) is 0 Å². The van der Waals surface area contributed by atoms with Crippen molar-refractivity contribution in [1.29, 1.82) is 0 Å². The molecular weight excluding hydrogens is 453 g/mol. The van der Waals surface area contributed by atoms with Gasteiger partial charge in [-0.2, -0.15) is 5.10 Å². The lowest BCUT2D eigenvalue weighted by atomic mass is 10.0. The van der Waals surface area contributed by atoms with Crippen LogP contribution in [0.2, 0.25) is 5.02 Å². The van der Waals surface area contributed by atoms with Gasteiger partial charge in [-0.25, -0.2) is 13.9 Å². The van der Waals surface area contributed by atoms with Crippen molar-refractivity contribution in [3.05, 3.63) is 101 Å². The zero-order valence-corrected chi connectivity index (χ0v) is 19.3. The summed E-state index contributed by atoms with van der Waals surface area (Å²) in [5.74, 6) is -0.0450. The molecule has 1 aliphatic rings. The first kappa shape index (κ1) is 22.2. The Hall–Kier alpha value is -3.64. The van der Waals surface area contributed by atoms with E-state index in [0.717, 1.165) is 23.2 Å². The minimum atomic E-state index is -0.805. The van der Waals surface area contributed by atoms with Crippen molar-refractivity contribution in [3.8, 4) is 16.8 Å². The van der Waals surface area contributed by atoms with E-state index in [1.54, 1.807) is 31.2 Å². The maximum absolute atomic E-state index is 14.5. The number of aromatic nitrogens is 2. The molecule has 5 nitrogen and oxygen atoms in total. The predicted molar refractivity (Wildman–Crippen MR) is 131 cm³/mol. The van der Waals surface area contributed by atoms with Crippen molar-refractivity contribution >= 4 is 23.5 Å². The van der Waals surface area contributed by atoms with Gasteiger partial charge >= 0.3 is 6.09 Å². The summed E-state index contributed by atoms with van der Waals surface area (Å²) in [6.45, 7) is 1.70. The molecule has 1 aliphatic carbocycles. The quantitative estimate of drug-likeness (QED) is 0.313. The second kappa shape index (κ2) is 9.31. The largest absolute Gasteiger partial charge is 0.441 e. The predicted octanol–water partition coefficient (Wildman–Crippen LogP) is 7.52. The maximum atomic E-state index is 14.5. The summed E-state index contributed by atoms with van der Waals surface area (Å²) >= 11 is 6.17. The molecule has 1 amide bonds. The molecule has 34 heavy (non-hydrogen) atoms. The van der Waals surface area contributed by atoms with Gasteiger partial charge < -0.3 is 4.74 Å². The number of hydrogen-bond acceptors (Lipinski definition) is 3. The van der Waals surface area contributed by atoms with E-state index < -0.39 is 18.0 Å². The molecule has 0 saturated heterocycles. The monoisotopic (exact) mass is 475 g/mol. The Morgan fingerprint density at radius 3 is 2.35 bits per heavy atom. The molecule has 0 unspecified atom stereocenters. The van der Waals surface area contributed by atoms with Crippen LogP contribution in [0.15, 0.2) is 79.0 Å². The zero-order chi connectivity index (χ0) is 23.7. The van der Waals surface area contributed by atoms with E-state index in [9.17, 15) is 9.18 Å². The van der Waals surface area contributed by atoms with E-state index in [4.69, 9.17) is 16.3 Å². The van der Waals surface area contributed by atoms with Gasteiger partial charge in [0.25, 0.3) is 0 Å². The summed E-state index contributed by atoms with van der Waals surface area (Å²) in [7, 11) is 0. The van der Waals surface area contributed by atoms with Crippen LogP contribution in [0.1, 0.15) is 42.9 Å². The molecule has 5 rings (SSSR count). The van der Waals surface area contributed by atoms with Crippen molar-refractivity contribution in [2.75, 3.05) is 5.32 Å². The standard InChI is InChI=1S/C27H23ClFN3O2/c1-17(23-4-2-3-5-24(23)28)34-27(33)31-26-25(29)16-30-32(26)22-14-12-21(13-15-22)20-10-8-19(9-11-20)18-6-7-18/h2-5,8-18H,6-7H2,1H3,(H,31,33)/t17-/m1/s1. The second-order valence-corrected chi connectivity index (χ2v) is 8.80. The average molecular weight is 476 g/mol. The molecule has 0 bridgehead atoms. The molecule has 1 atom stereocenters. The van der Waals surface area contributed by atoms with Crippen LogP contribution in [-0.2, 0) is 4.74 Å². The van der Waals surface area contributed by atoms with Crippen molar-refractivity contribution < 1.29 is 13.9 Å². The summed E-state index contributed by atoms with van der Waals surface area (Å²) in [4.78, 5) is 12.5. The molecule has 1 heterocycles. The highest BCUT2D eigenvalue weighted by molar-refractivity contribution is 6.31. The van der Waals surface area contributed by atoms with Crippen molar-refractivity contribution in [1.82, 2.24) is 9.78 Å². The number of benzene rings is 3. The van der Waals surface area contributed by atoms with Gasteiger partial charge in [0.15, 0.2) is 11.6 Å². The number of anilines is 1. The number of carbonyl (C=O) groups is 1. The molecule has 4 aromatic rings. The Kier molecular flexibility index (Phi) is 6.07. The van der Waals surface area contributed by atoms with Gasteiger partial charge in [-0.1, -0.05) is 66.2 Å². The first-order chi connectivity index (χ1) is 16.5. The fourth-order valence-corrected chi connectivity index (χ4v) is 4.24. The molecule has 1 N–H and O–H groups in total. The Balaban J connectivity index is 1.30. The van der Waals surface area contributed by atoms with Crippen molar-refractivity contribution in [2.45, 2.75) is 31.8 Å². The van der Waals surface area contributed by atoms with Gasteiger partial charge in [0.05, 0.1) is 11.9 Å². The highest BCUT2D eigenvalue weighted by Gasteiger charge is 2.23. The third-order valence-corrected chi connectivity index (χ3v) is 6.32. The number of amides is 1. The molecule has 1 fully saturated rings. The van der Waals surface area contributed by atoms with Gasteiger partial charge in [0.1, 0.15) is 6.10 Å². The second-order valence-electron chi connectivity index (χ2n) is 8.39. The Labute approximate surface area is 202 Å². The van der Waals surface area contributed by atoms with Crippen LogP contribution < -0.4 is 5.32 Å². The van der Waals surface area contributed by atoms with Crippen molar-refractivity contribution in [3.63, 3.8) is 0 Å². The topological polar surface area (TPSA) is 56.1 Å². The smallest absolute Gasteiger partial charge is 0.413 e. The number of hydrogen-bond donors (Lipinski definition) is 1. The third kappa shape index (κ3) is 4.68. The van der Waals surface area contributed by atoms with E-state index in [0.29, 0.717) is 16.3 Å². The molecule has 172 valence electrons. The van der Waals surface area contributed by atoms with Crippen LogP contribution in [0.4, 0.5) is 15.0 Å². The fraction of sp³-hybridized carbons (Fsp3) is 0.185. The van der Waals surface area contributed by atoms with E-state index in [1.807, 2.05) is 24.3 Å². The molecule has 0 aliphatic heterocycles. The summed E-state index contributed by atoms with van der Waals surface area (Å²) in [5.41, 5.74) is 4.81. The molecule has 1 aromatic heterocycles. The van der Waals surface area contributed by atoms with Gasteiger partial charge in [-0.3, -0.25) is 5.32 Å². The van der Waals surface area contributed by atoms with Crippen LogP contribution in [0.3, 0.4) is 0 Å². The summed E-state index contributed by atoms with van der Waals surface area (Å²) in [6.07, 6.45) is 2.19. The number of rotatable bonds is 6. The Morgan fingerprint density at radius 1 is 1.06 bits per heavy atom. The first-order valence-corrected chi connectivity index (χ1v) is 11.5. The summed E-state index contributed by atoms with van der Waals surface area (Å²) in [6, 6.07) is 23.3. The fourth-order valence-electron chi connectivity index (χ4n) is 3.95. The van der Waals surface area contributed by atoms with Crippen LogP contribution >= 0.6 is 11.6 Å². The van der Waals surface area contributed by atoms with E-state index in [-0.39, 0.29) is 5.82 Å². The highest BCUT2D eigenvalue weighted by atomic mass is 35.5. The van der Waals surface area contributed by atoms with Gasteiger partial charge in [-0.05, 0) is 60.6 Å². The Morgan fingerprint density at radius 2 is 1.71 bits per heavy atom. The molecule has 7 heteroatoms. The first-order valence-electron chi connectivity index (χ1n) is 11.2. The minimum absolute atomic E-state index is 0.0992. The zero-order valence-electron chi connectivity index (χ0n) is 18.5. The van der Waals surface area contributed by atoms with Crippen molar-refractivity contribution in [2.24, 2.45) is 0 Å². The molecule has 3 aromatic carbocycles. The molecular formula is C27H23ClFN3O2. The number of ether oxygens (including phenoxy) is 1. The van der Waals surface area contributed by atoms with Gasteiger partial charge in [-0.15, -0.1) is 0 Å². The minimum Gasteiger partial charge on any atom is -0.441 e.